The van der Waals surface area contributed by atoms with Crippen molar-refractivity contribution in [1.82, 2.24) is 9.55 Å². The average molecular weight is 316 g/mol. The van der Waals surface area contributed by atoms with E-state index in [9.17, 15) is 4.79 Å². The Hall–Kier alpha value is -1.79. The summed E-state index contributed by atoms with van der Waals surface area (Å²) >= 11 is 1.55. The topological polar surface area (TPSA) is 72.9 Å². The van der Waals surface area contributed by atoms with Crippen molar-refractivity contribution in [2.45, 2.75) is 35.4 Å². The first kappa shape index (κ1) is 15.1. The molecule has 0 bridgehead atoms. The molecular formula is C16H20N4OS. The van der Waals surface area contributed by atoms with Gasteiger partial charge in [-0.2, -0.15) is 0 Å². The number of nitrogens with zero attached hydrogens (tertiary/aromatic N) is 2. The molecule has 0 saturated heterocycles. The van der Waals surface area contributed by atoms with Crippen LogP contribution in [0, 0.1) is 5.92 Å². The second-order valence-corrected chi connectivity index (χ2v) is 6.69. The van der Waals surface area contributed by atoms with Gasteiger partial charge in [0.1, 0.15) is 0 Å². The van der Waals surface area contributed by atoms with Gasteiger partial charge < -0.3 is 15.6 Å². The van der Waals surface area contributed by atoms with Crippen LogP contribution in [0.2, 0.25) is 0 Å². The normalized spacial score (nSPS) is 21.0. The minimum atomic E-state index is 0.0289. The summed E-state index contributed by atoms with van der Waals surface area (Å²) in [7, 11) is 1.95. The zero-order valence-corrected chi connectivity index (χ0v) is 13.3. The van der Waals surface area contributed by atoms with Crippen LogP contribution in [-0.2, 0) is 11.8 Å². The van der Waals surface area contributed by atoms with Crippen molar-refractivity contribution in [2.75, 3.05) is 5.32 Å². The highest BCUT2D eigenvalue weighted by atomic mass is 32.2. The quantitative estimate of drug-likeness (QED) is 0.909. The molecule has 0 radical (unpaired) electrons. The van der Waals surface area contributed by atoms with Crippen LogP contribution >= 0.6 is 11.8 Å². The number of nitrogens with one attached hydrogen (secondary N) is 1. The number of nitrogens with two attached hydrogens (primary N) is 1. The molecule has 2 aromatic rings. The summed E-state index contributed by atoms with van der Waals surface area (Å²) in [5, 5.41) is 3.95. The SMILES string of the molecule is Cn1ccnc1Sc1ccccc1NC(=O)C1CCC(N)C1. The molecule has 22 heavy (non-hydrogen) atoms. The number of carbonyl (C=O) groups is 1. The van der Waals surface area contributed by atoms with E-state index >= 15 is 0 Å². The fourth-order valence-corrected chi connectivity index (χ4v) is 3.59. The molecule has 1 saturated carbocycles. The Bertz CT molecular complexity index is 670. The van der Waals surface area contributed by atoms with Crippen molar-refractivity contribution in [3.63, 3.8) is 0 Å². The third-order valence-corrected chi connectivity index (χ3v) is 5.12. The summed E-state index contributed by atoms with van der Waals surface area (Å²) in [6, 6.07) is 7.98. The molecule has 116 valence electrons. The summed E-state index contributed by atoms with van der Waals surface area (Å²) in [6.45, 7) is 0. The van der Waals surface area contributed by atoms with E-state index in [1.807, 2.05) is 42.1 Å². The number of carbonyl (C=O) groups excluding carboxylic acids is 1. The van der Waals surface area contributed by atoms with E-state index in [2.05, 4.69) is 10.3 Å². The van der Waals surface area contributed by atoms with Gasteiger partial charge in [-0.3, -0.25) is 4.79 Å². The van der Waals surface area contributed by atoms with E-state index in [1.54, 1.807) is 18.0 Å². The summed E-state index contributed by atoms with van der Waals surface area (Å²) in [5.41, 5.74) is 6.73. The molecule has 1 fully saturated rings. The van der Waals surface area contributed by atoms with Gasteiger partial charge in [0.15, 0.2) is 5.16 Å². The monoisotopic (exact) mass is 316 g/mol. The van der Waals surface area contributed by atoms with Crippen molar-refractivity contribution in [1.29, 1.82) is 0 Å². The van der Waals surface area contributed by atoms with E-state index < -0.39 is 0 Å². The third kappa shape index (κ3) is 3.34. The summed E-state index contributed by atoms with van der Waals surface area (Å²) in [6.07, 6.45) is 6.26. The molecule has 0 aliphatic heterocycles. The first-order valence-corrected chi connectivity index (χ1v) is 8.26. The molecule has 2 unspecified atom stereocenters. The second kappa shape index (κ2) is 6.54. The maximum atomic E-state index is 12.4. The molecule has 3 rings (SSSR count). The maximum absolute atomic E-state index is 12.4. The molecular weight excluding hydrogens is 296 g/mol. The molecule has 1 aliphatic rings. The van der Waals surface area contributed by atoms with Crippen LogP contribution in [0.4, 0.5) is 5.69 Å². The molecule has 1 amide bonds. The third-order valence-electron chi connectivity index (χ3n) is 3.97. The van der Waals surface area contributed by atoms with Gasteiger partial charge in [-0.1, -0.05) is 12.1 Å². The van der Waals surface area contributed by atoms with Crippen LogP contribution in [0.5, 0.6) is 0 Å². The predicted octanol–water partition coefficient (Wildman–Crippen LogP) is 2.64. The average Bonchev–Trinajstić information content (AvgIpc) is 3.10. The number of anilines is 1. The largest absolute Gasteiger partial charge is 0.329 e. The lowest BCUT2D eigenvalue weighted by Crippen LogP contribution is -2.23. The van der Waals surface area contributed by atoms with Gasteiger partial charge in [0.05, 0.1) is 5.69 Å². The van der Waals surface area contributed by atoms with Crippen LogP contribution in [0.15, 0.2) is 46.7 Å². The van der Waals surface area contributed by atoms with E-state index in [-0.39, 0.29) is 17.9 Å². The van der Waals surface area contributed by atoms with Gasteiger partial charge in [0.25, 0.3) is 0 Å². The molecule has 6 heteroatoms. The Morgan fingerprint density at radius 2 is 2.23 bits per heavy atom. The minimum absolute atomic E-state index is 0.0289. The number of para-hydroxylation sites is 1. The van der Waals surface area contributed by atoms with E-state index in [0.29, 0.717) is 0 Å². The smallest absolute Gasteiger partial charge is 0.227 e. The summed E-state index contributed by atoms with van der Waals surface area (Å²) < 4.78 is 1.96. The molecule has 1 aromatic heterocycles. The standard InChI is InChI=1S/C16H20N4OS/c1-20-9-8-18-16(20)22-14-5-3-2-4-13(14)19-15(21)11-6-7-12(17)10-11/h2-5,8-9,11-12H,6-7,10,17H2,1H3,(H,19,21). The van der Waals surface area contributed by atoms with Crippen LogP contribution in [-0.4, -0.2) is 21.5 Å². The molecule has 2 atom stereocenters. The van der Waals surface area contributed by atoms with Crippen LogP contribution in [0.25, 0.3) is 0 Å². The van der Waals surface area contributed by atoms with E-state index in [4.69, 9.17) is 5.73 Å². The van der Waals surface area contributed by atoms with Crippen molar-refractivity contribution in [2.24, 2.45) is 18.7 Å². The van der Waals surface area contributed by atoms with Gasteiger partial charge in [-0.15, -0.1) is 0 Å². The molecule has 1 aliphatic carbocycles. The Labute approximate surface area is 134 Å². The maximum Gasteiger partial charge on any atom is 0.227 e. The van der Waals surface area contributed by atoms with Crippen LogP contribution in [0.1, 0.15) is 19.3 Å². The summed E-state index contributed by atoms with van der Waals surface area (Å²) in [4.78, 5) is 17.7. The number of benzene rings is 1. The van der Waals surface area contributed by atoms with Gasteiger partial charge in [-0.25, -0.2) is 4.98 Å². The fourth-order valence-electron chi connectivity index (χ4n) is 2.70. The second-order valence-electron chi connectivity index (χ2n) is 5.68. The number of amides is 1. The van der Waals surface area contributed by atoms with Gasteiger partial charge in [-0.05, 0) is 43.2 Å². The number of rotatable bonds is 4. The highest BCUT2D eigenvalue weighted by molar-refractivity contribution is 7.99. The Morgan fingerprint density at radius 1 is 1.41 bits per heavy atom. The van der Waals surface area contributed by atoms with E-state index in [1.165, 1.54) is 0 Å². The number of aromatic nitrogens is 2. The Balaban J connectivity index is 1.74. The minimum Gasteiger partial charge on any atom is -0.329 e. The predicted molar refractivity (Wildman–Crippen MR) is 87.7 cm³/mol. The van der Waals surface area contributed by atoms with Crippen molar-refractivity contribution in [3.8, 4) is 0 Å². The lowest BCUT2D eigenvalue weighted by Gasteiger charge is -2.13. The zero-order valence-electron chi connectivity index (χ0n) is 12.5. The Morgan fingerprint density at radius 3 is 2.91 bits per heavy atom. The first-order valence-electron chi connectivity index (χ1n) is 7.44. The fraction of sp³-hybridized carbons (Fsp3) is 0.375. The van der Waals surface area contributed by atoms with Crippen molar-refractivity contribution < 1.29 is 4.79 Å². The lowest BCUT2D eigenvalue weighted by molar-refractivity contribution is -0.119. The van der Waals surface area contributed by atoms with E-state index in [0.717, 1.165) is 35.0 Å². The van der Waals surface area contributed by atoms with Crippen molar-refractivity contribution in [3.05, 3.63) is 36.7 Å². The molecule has 3 N–H and O–H groups in total. The molecule has 5 nitrogen and oxygen atoms in total. The number of imidazole rings is 1. The zero-order chi connectivity index (χ0) is 15.5. The molecule has 1 aromatic carbocycles. The first-order chi connectivity index (χ1) is 10.6. The number of hydrogen-bond acceptors (Lipinski definition) is 4. The Kier molecular flexibility index (Phi) is 4.49. The highest BCUT2D eigenvalue weighted by Crippen LogP contribution is 2.33. The summed E-state index contributed by atoms with van der Waals surface area (Å²) in [5.74, 6) is 0.0991. The molecule has 0 spiro atoms. The lowest BCUT2D eigenvalue weighted by atomic mass is 10.1. The highest BCUT2D eigenvalue weighted by Gasteiger charge is 2.28. The van der Waals surface area contributed by atoms with Gasteiger partial charge >= 0.3 is 0 Å². The number of hydrogen-bond donors (Lipinski definition) is 2. The van der Waals surface area contributed by atoms with Crippen molar-refractivity contribution >= 4 is 23.4 Å². The van der Waals surface area contributed by atoms with Gasteiger partial charge in [0.2, 0.25) is 5.91 Å². The van der Waals surface area contributed by atoms with Gasteiger partial charge in [0, 0.05) is 36.3 Å². The van der Waals surface area contributed by atoms with Crippen LogP contribution < -0.4 is 11.1 Å². The molecule has 1 heterocycles. The number of aryl methyl sites for hydroxylation is 1. The van der Waals surface area contributed by atoms with Crippen LogP contribution in [0.3, 0.4) is 0 Å².